The van der Waals surface area contributed by atoms with Crippen LogP contribution in [0.3, 0.4) is 0 Å². The smallest absolute Gasteiger partial charge is 0 e. The maximum absolute atomic E-state index is 9.00. The Bertz CT molecular complexity index is 1330. The van der Waals surface area contributed by atoms with Gasteiger partial charge in [-0.1, -0.05) is 182 Å². The summed E-state index contributed by atoms with van der Waals surface area (Å²) >= 11 is 0. The van der Waals surface area contributed by atoms with E-state index in [1.807, 2.05) is 0 Å². The summed E-state index contributed by atoms with van der Waals surface area (Å²) in [6.45, 7) is 5.58. The molecule has 6 rings (SSSR count). The van der Waals surface area contributed by atoms with E-state index in [4.69, 9.17) is 14.6 Å². The minimum atomic E-state index is -0.833. The van der Waals surface area contributed by atoms with E-state index in [1.165, 1.54) is 31.8 Å². The number of hydrogen-bond acceptors (Lipinski definition) is 1. The third-order valence-corrected chi connectivity index (χ3v) is 11.0. The van der Waals surface area contributed by atoms with Gasteiger partial charge in [-0.25, -0.2) is 0 Å². The summed E-state index contributed by atoms with van der Waals surface area (Å²) in [5.41, 5.74) is 0. The van der Waals surface area contributed by atoms with Crippen LogP contribution in [0.4, 0.5) is 0 Å². The average Bonchev–Trinajstić information content (AvgIpc) is 3.09. The minimum Gasteiger partial charge on any atom is -0.0622 e. The molecule has 6 aromatic rings. The zero-order chi connectivity index (χ0) is 31.4. The molecule has 0 bridgehead atoms. The molecule has 45 heavy (non-hydrogen) atoms. The van der Waals surface area contributed by atoms with Gasteiger partial charge < -0.3 is 5.11 Å². The second kappa shape index (κ2) is 21.7. The number of carbonyl (C=O) groups is 1. The Kier molecular flexibility index (Phi) is 17.9. The van der Waals surface area contributed by atoms with E-state index >= 15 is 0 Å². The van der Waals surface area contributed by atoms with Crippen LogP contribution in [0.2, 0.25) is 0 Å². The summed E-state index contributed by atoms with van der Waals surface area (Å²) in [4.78, 5) is 9.00. The molecule has 0 amide bonds. The molecule has 0 fully saturated rings. The Morgan fingerprint density at radius 1 is 0.422 bits per heavy atom. The molecular weight excluding hydrogens is 679 g/mol. The molecule has 0 saturated carbocycles. The summed E-state index contributed by atoms with van der Waals surface area (Å²) in [6, 6.07) is 64.7. The average molecular weight is 714 g/mol. The predicted molar refractivity (Wildman–Crippen MR) is 188 cm³/mol. The number of carboxylic acid groups (broad SMARTS) is 1. The maximum Gasteiger partial charge on any atom is 0 e. The van der Waals surface area contributed by atoms with Crippen LogP contribution in [0.15, 0.2) is 182 Å². The zero-order valence-electron chi connectivity index (χ0n) is 24.8. The van der Waals surface area contributed by atoms with Gasteiger partial charge in [0.2, 0.25) is 0 Å². The fraction of sp³-hybridized carbons (Fsp3) is 0.0256. The fourth-order valence-corrected chi connectivity index (χ4v) is 8.97. The first kappa shape index (κ1) is 37.2. The van der Waals surface area contributed by atoms with Crippen LogP contribution < -0.4 is 31.8 Å². The molecule has 0 unspecified atom stereocenters. The van der Waals surface area contributed by atoms with Crippen LogP contribution in [0.5, 0.6) is 0 Å². The monoisotopic (exact) mass is 714 g/mol. The number of rotatable bonds is 6. The number of benzene rings is 6. The summed E-state index contributed by atoms with van der Waals surface area (Å²) < 4.78 is 7.50. The van der Waals surface area contributed by atoms with Crippen LogP contribution >= 0.6 is 15.8 Å². The van der Waals surface area contributed by atoms with Gasteiger partial charge in [-0.15, -0.1) is 0 Å². The molecule has 226 valence electrons. The van der Waals surface area contributed by atoms with Crippen molar-refractivity contribution in [2.24, 2.45) is 0 Å². The van der Waals surface area contributed by atoms with Crippen molar-refractivity contribution >= 4 is 53.6 Å². The molecule has 0 heterocycles. The first-order valence-electron chi connectivity index (χ1n) is 13.9. The Morgan fingerprint density at radius 3 is 0.644 bits per heavy atom. The molecule has 0 aliphatic rings. The van der Waals surface area contributed by atoms with E-state index < -0.39 is 21.8 Å². The van der Waals surface area contributed by atoms with Crippen LogP contribution in [-0.4, -0.2) is 11.1 Å². The van der Waals surface area contributed by atoms with Gasteiger partial charge in [-0.3, -0.25) is 4.79 Å². The van der Waals surface area contributed by atoms with Gasteiger partial charge in [0, 0.05) is 26.4 Å². The summed E-state index contributed by atoms with van der Waals surface area (Å²) in [7, 11) is -0.892. The quantitative estimate of drug-likeness (QED) is 0.0881. The molecule has 1 N–H and O–H groups in total. The number of carboxylic acids is 1. The van der Waals surface area contributed by atoms with Crippen molar-refractivity contribution in [3.8, 4) is 0 Å². The molecule has 0 aromatic heterocycles. The SMILES string of the molecule is CC(=O)O.[C-]#[O+].[Ru].c1ccc(P(c2ccccc2)c2ccccc2)cc1.c1ccc(P(c2ccccc2)c2ccccc2)cc1. The van der Waals surface area contributed by atoms with Crippen LogP contribution in [0, 0.1) is 6.65 Å². The molecule has 6 aromatic carbocycles. The van der Waals surface area contributed by atoms with E-state index in [2.05, 4.69) is 189 Å². The topological polar surface area (TPSA) is 57.2 Å². The van der Waals surface area contributed by atoms with E-state index in [0.29, 0.717) is 0 Å². The van der Waals surface area contributed by atoms with Crippen molar-refractivity contribution < 1.29 is 34.0 Å². The molecule has 0 aliphatic heterocycles. The molecule has 0 saturated heterocycles. The first-order chi connectivity index (χ1) is 21.6. The van der Waals surface area contributed by atoms with Gasteiger partial charge in [0.25, 0.3) is 5.97 Å². The van der Waals surface area contributed by atoms with Crippen molar-refractivity contribution in [2.75, 3.05) is 0 Å². The van der Waals surface area contributed by atoms with Gasteiger partial charge in [0.1, 0.15) is 0 Å². The van der Waals surface area contributed by atoms with E-state index in [-0.39, 0.29) is 19.5 Å². The third kappa shape index (κ3) is 12.5. The van der Waals surface area contributed by atoms with Crippen molar-refractivity contribution in [3.63, 3.8) is 0 Å². The molecular formula is C39H34O3P2Ru. The predicted octanol–water partition coefficient (Wildman–Crippen LogP) is 6.94. The van der Waals surface area contributed by atoms with Crippen LogP contribution in [0.25, 0.3) is 0 Å². The summed E-state index contributed by atoms with van der Waals surface area (Å²) in [5, 5.41) is 15.8. The third-order valence-electron chi connectivity index (χ3n) is 6.09. The Labute approximate surface area is 282 Å². The van der Waals surface area contributed by atoms with E-state index in [0.717, 1.165) is 6.92 Å². The summed E-state index contributed by atoms with van der Waals surface area (Å²) in [6.07, 6.45) is 0. The molecule has 0 spiro atoms. The van der Waals surface area contributed by atoms with E-state index in [1.54, 1.807) is 0 Å². The first-order valence-corrected chi connectivity index (χ1v) is 16.6. The Hall–Kier alpha value is -3.99. The van der Waals surface area contributed by atoms with Crippen LogP contribution in [-0.2, 0) is 28.9 Å². The van der Waals surface area contributed by atoms with Crippen molar-refractivity contribution in [2.45, 2.75) is 6.92 Å². The van der Waals surface area contributed by atoms with Gasteiger partial charge in [-0.2, -0.15) is 0 Å². The van der Waals surface area contributed by atoms with Gasteiger partial charge >= 0.3 is 11.3 Å². The number of aliphatic carboxylic acids is 1. The van der Waals surface area contributed by atoms with Gasteiger partial charge in [0.05, 0.1) is 0 Å². The molecule has 3 nitrogen and oxygen atoms in total. The van der Waals surface area contributed by atoms with Gasteiger partial charge in [0.15, 0.2) is 0 Å². The van der Waals surface area contributed by atoms with Crippen LogP contribution in [0.1, 0.15) is 6.92 Å². The van der Waals surface area contributed by atoms with Gasteiger partial charge in [-0.05, 0) is 47.7 Å². The Balaban J connectivity index is 0.000000262. The molecule has 0 atom stereocenters. The van der Waals surface area contributed by atoms with E-state index in [9.17, 15) is 0 Å². The molecule has 0 radical (unpaired) electrons. The number of hydrogen-bond donors (Lipinski definition) is 1. The minimum absolute atomic E-state index is 0. The second-order valence-corrected chi connectivity index (χ2v) is 13.6. The standard InChI is InChI=1S/2C18H15P.C2H4O2.CO.Ru/c2*1-4-10-16(11-5-1)19(17-12-6-2-7-13-17)18-14-8-3-9-15-18;1-2(3)4;1-2;/h2*1-15H;1H3,(H,3,4);;. The Morgan fingerprint density at radius 2 is 0.533 bits per heavy atom. The fourth-order valence-electron chi connectivity index (χ4n) is 4.36. The van der Waals surface area contributed by atoms with Crippen molar-refractivity contribution in [1.82, 2.24) is 0 Å². The second-order valence-electron chi connectivity index (χ2n) is 9.20. The maximum atomic E-state index is 9.00. The largest absolute Gasteiger partial charge is 0.0622 e. The molecule has 6 heteroatoms. The molecule has 0 aliphatic carbocycles. The van der Waals surface area contributed by atoms with Crippen molar-refractivity contribution in [1.29, 1.82) is 0 Å². The summed E-state index contributed by atoms with van der Waals surface area (Å²) in [5.74, 6) is -0.833. The zero-order valence-corrected chi connectivity index (χ0v) is 28.4. The van der Waals surface area contributed by atoms with Crippen molar-refractivity contribution in [3.05, 3.63) is 189 Å². The normalized spacial score (nSPS) is 9.53.